The Kier molecular flexibility index (Phi) is 9.48. The quantitative estimate of drug-likeness (QED) is 0.357. The van der Waals surface area contributed by atoms with E-state index >= 15 is 0 Å². The minimum absolute atomic E-state index is 0.00567. The number of carboxylic acid groups (broad SMARTS) is 1. The molecule has 0 spiro atoms. The minimum Gasteiger partial charge on any atom is -0.480 e. The highest BCUT2D eigenvalue weighted by molar-refractivity contribution is 5.91. The summed E-state index contributed by atoms with van der Waals surface area (Å²) < 4.78 is 0. The number of hydrogen-bond acceptors (Lipinski definition) is 5. The molecule has 2 aromatic rings. The molecule has 0 aliphatic carbocycles. The molecule has 2 aliphatic rings. The van der Waals surface area contributed by atoms with Gasteiger partial charge in [0.15, 0.2) is 0 Å². The number of amides is 3. The van der Waals surface area contributed by atoms with Gasteiger partial charge in [-0.15, -0.1) is 0 Å². The zero-order valence-corrected chi connectivity index (χ0v) is 21.5. The molecule has 0 radical (unpaired) electrons. The molecular weight excluding hydrogens is 484 g/mol. The van der Waals surface area contributed by atoms with Gasteiger partial charge in [-0.3, -0.25) is 14.4 Å². The first kappa shape index (κ1) is 27.3. The number of likely N-dealkylation sites (tertiary alicyclic amines) is 1. The SMILES string of the molecule is O=C(C[C@H](Cc1ccccc1)NC(=O)[C@H]1CCCN1)N[C@H](Cc1ccccc1)C(=O)N1CCC[C@@H]1C(=O)O. The van der Waals surface area contributed by atoms with Crippen molar-refractivity contribution in [3.63, 3.8) is 0 Å². The van der Waals surface area contributed by atoms with Crippen LogP contribution in [0, 0.1) is 0 Å². The van der Waals surface area contributed by atoms with Crippen molar-refractivity contribution < 1.29 is 24.3 Å². The molecule has 3 amide bonds. The first-order chi connectivity index (χ1) is 18.4. The van der Waals surface area contributed by atoms with Crippen molar-refractivity contribution >= 4 is 23.7 Å². The van der Waals surface area contributed by atoms with Crippen LogP contribution < -0.4 is 16.0 Å². The molecule has 4 atom stereocenters. The number of benzene rings is 2. The van der Waals surface area contributed by atoms with Crippen LogP contribution >= 0.6 is 0 Å². The zero-order valence-electron chi connectivity index (χ0n) is 21.5. The monoisotopic (exact) mass is 520 g/mol. The smallest absolute Gasteiger partial charge is 0.326 e. The summed E-state index contributed by atoms with van der Waals surface area (Å²) in [4.78, 5) is 52.8. The molecular formula is C29H36N4O5. The second kappa shape index (κ2) is 13.2. The van der Waals surface area contributed by atoms with Gasteiger partial charge in [0, 0.05) is 25.4 Å². The summed E-state index contributed by atoms with van der Waals surface area (Å²) in [6.07, 6.45) is 3.40. The fraction of sp³-hybridized carbons (Fsp3) is 0.448. The first-order valence-corrected chi connectivity index (χ1v) is 13.3. The van der Waals surface area contributed by atoms with E-state index in [-0.39, 0.29) is 30.7 Å². The van der Waals surface area contributed by atoms with E-state index in [1.165, 1.54) is 4.90 Å². The van der Waals surface area contributed by atoms with Crippen LogP contribution in [0.4, 0.5) is 0 Å². The van der Waals surface area contributed by atoms with Crippen molar-refractivity contribution in [2.45, 2.75) is 69.1 Å². The normalized spacial score (nSPS) is 20.5. The first-order valence-electron chi connectivity index (χ1n) is 13.3. The van der Waals surface area contributed by atoms with E-state index in [4.69, 9.17) is 0 Å². The van der Waals surface area contributed by atoms with Crippen LogP contribution in [0.3, 0.4) is 0 Å². The summed E-state index contributed by atoms with van der Waals surface area (Å²) in [5, 5.41) is 18.7. The molecule has 0 aromatic heterocycles. The van der Waals surface area contributed by atoms with Crippen LogP contribution in [0.15, 0.2) is 60.7 Å². The molecule has 2 aliphatic heterocycles. The number of carbonyl (C=O) groups excluding carboxylic acids is 3. The van der Waals surface area contributed by atoms with E-state index < -0.39 is 30.0 Å². The molecule has 0 saturated carbocycles. The summed E-state index contributed by atoms with van der Waals surface area (Å²) in [7, 11) is 0. The lowest BCUT2D eigenvalue weighted by molar-refractivity contribution is -0.149. The van der Waals surface area contributed by atoms with E-state index in [9.17, 15) is 24.3 Å². The Balaban J connectivity index is 1.48. The maximum Gasteiger partial charge on any atom is 0.326 e. The van der Waals surface area contributed by atoms with Crippen LogP contribution in [0.5, 0.6) is 0 Å². The second-order valence-electron chi connectivity index (χ2n) is 10.1. The highest BCUT2D eigenvalue weighted by atomic mass is 16.4. The zero-order chi connectivity index (χ0) is 26.9. The van der Waals surface area contributed by atoms with E-state index in [1.54, 1.807) is 0 Å². The van der Waals surface area contributed by atoms with Gasteiger partial charge in [-0.1, -0.05) is 60.7 Å². The van der Waals surface area contributed by atoms with E-state index in [0.29, 0.717) is 25.8 Å². The van der Waals surface area contributed by atoms with Crippen LogP contribution in [-0.4, -0.2) is 71.0 Å². The van der Waals surface area contributed by atoms with Crippen molar-refractivity contribution in [1.29, 1.82) is 0 Å². The highest BCUT2D eigenvalue weighted by Gasteiger charge is 2.38. The number of rotatable bonds is 11. The Bertz CT molecular complexity index is 1100. The average Bonchev–Trinajstić information content (AvgIpc) is 3.62. The van der Waals surface area contributed by atoms with Crippen molar-refractivity contribution in [3.05, 3.63) is 71.8 Å². The minimum atomic E-state index is -1.04. The molecule has 2 fully saturated rings. The Morgan fingerprint density at radius 1 is 0.895 bits per heavy atom. The van der Waals surface area contributed by atoms with E-state index in [0.717, 1.165) is 30.5 Å². The molecule has 4 N–H and O–H groups in total. The average molecular weight is 521 g/mol. The van der Waals surface area contributed by atoms with Gasteiger partial charge in [0.1, 0.15) is 12.1 Å². The predicted octanol–water partition coefficient (Wildman–Crippen LogP) is 1.66. The predicted molar refractivity (Wildman–Crippen MR) is 142 cm³/mol. The molecule has 2 aromatic carbocycles. The third kappa shape index (κ3) is 7.41. The molecule has 0 bridgehead atoms. The topological polar surface area (TPSA) is 128 Å². The molecule has 0 unspecified atom stereocenters. The number of nitrogens with one attached hydrogen (secondary N) is 3. The fourth-order valence-corrected chi connectivity index (χ4v) is 5.30. The molecule has 38 heavy (non-hydrogen) atoms. The lowest BCUT2D eigenvalue weighted by Gasteiger charge is -2.28. The van der Waals surface area contributed by atoms with Gasteiger partial charge in [-0.25, -0.2) is 4.79 Å². The van der Waals surface area contributed by atoms with Crippen molar-refractivity contribution in [3.8, 4) is 0 Å². The Morgan fingerprint density at radius 3 is 2.16 bits per heavy atom. The third-order valence-electron chi connectivity index (χ3n) is 7.22. The van der Waals surface area contributed by atoms with E-state index in [1.807, 2.05) is 60.7 Å². The lowest BCUT2D eigenvalue weighted by atomic mass is 10.0. The van der Waals surface area contributed by atoms with Crippen molar-refractivity contribution in [2.75, 3.05) is 13.1 Å². The van der Waals surface area contributed by atoms with Crippen LogP contribution in [0.1, 0.15) is 43.2 Å². The largest absolute Gasteiger partial charge is 0.480 e. The Hall–Kier alpha value is -3.72. The molecule has 9 heteroatoms. The van der Waals surface area contributed by atoms with Crippen LogP contribution in [-0.2, 0) is 32.0 Å². The van der Waals surface area contributed by atoms with Crippen molar-refractivity contribution in [1.82, 2.24) is 20.9 Å². The number of carboxylic acids is 1. The fourth-order valence-electron chi connectivity index (χ4n) is 5.30. The maximum atomic E-state index is 13.5. The van der Waals surface area contributed by atoms with Crippen LogP contribution in [0.25, 0.3) is 0 Å². The summed E-state index contributed by atoms with van der Waals surface area (Å²) in [5.74, 6) is -1.93. The number of carbonyl (C=O) groups is 4. The molecule has 9 nitrogen and oxygen atoms in total. The second-order valence-corrected chi connectivity index (χ2v) is 10.1. The number of nitrogens with zero attached hydrogens (tertiary/aromatic N) is 1. The van der Waals surface area contributed by atoms with Gasteiger partial charge in [-0.2, -0.15) is 0 Å². The Morgan fingerprint density at radius 2 is 1.55 bits per heavy atom. The van der Waals surface area contributed by atoms with Gasteiger partial charge in [0.25, 0.3) is 0 Å². The highest BCUT2D eigenvalue weighted by Crippen LogP contribution is 2.20. The van der Waals surface area contributed by atoms with Gasteiger partial charge in [0.2, 0.25) is 17.7 Å². The van der Waals surface area contributed by atoms with E-state index in [2.05, 4.69) is 16.0 Å². The summed E-state index contributed by atoms with van der Waals surface area (Å²) in [5.41, 5.74) is 1.85. The summed E-state index contributed by atoms with van der Waals surface area (Å²) >= 11 is 0. The Labute approximate surface area is 223 Å². The third-order valence-corrected chi connectivity index (χ3v) is 7.22. The number of aliphatic carboxylic acids is 1. The summed E-state index contributed by atoms with van der Waals surface area (Å²) in [6.45, 7) is 1.14. The lowest BCUT2D eigenvalue weighted by Crippen LogP contribution is -2.54. The van der Waals surface area contributed by atoms with Gasteiger partial charge < -0.3 is 26.0 Å². The molecule has 2 saturated heterocycles. The summed E-state index contributed by atoms with van der Waals surface area (Å²) in [6, 6.07) is 16.4. The van der Waals surface area contributed by atoms with Gasteiger partial charge in [0.05, 0.1) is 6.04 Å². The maximum absolute atomic E-state index is 13.5. The number of hydrogen-bond donors (Lipinski definition) is 4. The van der Waals surface area contributed by atoms with Crippen molar-refractivity contribution in [2.24, 2.45) is 0 Å². The molecule has 2 heterocycles. The molecule has 202 valence electrons. The van der Waals surface area contributed by atoms with Gasteiger partial charge >= 0.3 is 5.97 Å². The van der Waals surface area contributed by atoms with Gasteiger partial charge in [-0.05, 0) is 49.8 Å². The molecule has 4 rings (SSSR count). The van der Waals surface area contributed by atoms with Crippen LogP contribution in [0.2, 0.25) is 0 Å². The standard InChI is InChI=1S/C29H36N4O5/c34-26(19-22(17-20-9-3-1-4-10-20)31-27(35)23-13-7-15-30-23)32-24(18-21-11-5-2-6-12-21)28(36)33-16-8-14-25(33)29(37)38/h1-6,9-12,22-25,30H,7-8,13-19H2,(H,31,35)(H,32,34)(H,37,38)/t22-,23+,24+,25+/m0/s1.